The van der Waals surface area contributed by atoms with Gasteiger partial charge in [0.05, 0.1) is 13.2 Å². The Bertz CT molecular complexity index is 182. The van der Waals surface area contributed by atoms with E-state index in [1.807, 2.05) is 0 Å². The molecular formula is C8H12O4. The summed E-state index contributed by atoms with van der Waals surface area (Å²) in [5.74, 6) is 0. The van der Waals surface area contributed by atoms with Gasteiger partial charge in [0.1, 0.15) is 18.3 Å². The molecule has 0 aliphatic carbocycles. The zero-order chi connectivity index (χ0) is 8.55. The normalized spacial score (nSPS) is 45.1. The van der Waals surface area contributed by atoms with Crippen LogP contribution in [0.3, 0.4) is 0 Å². The first kappa shape index (κ1) is 8.19. The molecule has 0 saturated carbocycles. The summed E-state index contributed by atoms with van der Waals surface area (Å²) in [6.45, 7) is 4.27. The zero-order valence-electron chi connectivity index (χ0n) is 6.68. The number of hydrogen-bond donors (Lipinski definition) is 1. The maximum atomic E-state index is 9.24. The average molecular weight is 172 g/mol. The summed E-state index contributed by atoms with van der Waals surface area (Å²) in [5.41, 5.74) is 0. The highest BCUT2D eigenvalue weighted by atomic mass is 16.7. The highest BCUT2D eigenvalue weighted by molar-refractivity contribution is 4.96. The Morgan fingerprint density at radius 1 is 1.58 bits per heavy atom. The van der Waals surface area contributed by atoms with E-state index in [1.54, 1.807) is 6.08 Å². The molecule has 0 spiro atoms. The highest BCUT2D eigenvalue weighted by Crippen LogP contribution is 2.34. The summed E-state index contributed by atoms with van der Waals surface area (Å²) in [6.07, 6.45) is 0.698. The van der Waals surface area contributed by atoms with Gasteiger partial charge in [-0.25, -0.2) is 0 Å². The van der Waals surface area contributed by atoms with Crippen molar-refractivity contribution < 1.29 is 19.3 Å². The van der Waals surface area contributed by atoms with E-state index in [9.17, 15) is 5.11 Å². The second-order valence-electron chi connectivity index (χ2n) is 2.96. The highest BCUT2D eigenvalue weighted by Gasteiger charge is 2.54. The quantitative estimate of drug-likeness (QED) is 0.468. The van der Waals surface area contributed by atoms with Gasteiger partial charge in [0.25, 0.3) is 0 Å². The molecule has 4 heteroatoms. The van der Waals surface area contributed by atoms with Crippen LogP contribution < -0.4 is 0 Å². The fraction of sp³-hybridized carbons (Fsp3) is 0.750. The molecule has 0 unspecified atom stereocenters. The van der Waals surface area contributed by atoms with Crippen molar-refractivity contribution in [2.75, 3.05) is 13.2 Å². The third-order valence-corrected chi connectivity index (χ3v) is 2.02. The minimum atomic E-state index is -0.487. The summed E-state index contributed by atoms with van der Waals surface area (Å²) in [7, 11) is 0. The van der Waals surface area contributed by atoms with Gasteiger partial charge in [-0.15, -0.1) is 6.58 Å². The largest absolute Gasteiger partial charge is 0.388 e. The van der Waals surface area contributed by atoms with Gasteiger partial charge in [0.15, 0.2) is 6.29 Å². The lowest BCUT2D eigenvalue weighted by molar-refractivity contribution is -0.170. The van der Waals surface area contributed by atoms with Crippen LogP contribution in [0, 0.1) is 0 Å². The molecule has 1 N–H and O–H groups in total. The number of rotatable bonds is 3. The summed E-state index contributed by atoms with van der Waals surface area (Å²) in [4.78, 5) is 0. The molecule has 0 aromatic carbocycles. The van der Waals surface area contributed by atoms with Crippen molar-refractivity contribution in [1.82, 2.24) is 0 Å². The molecule has 2 aliphatic rings. The molecule has 2 heterocycles. The summed E-state index contributed by atoms with van der Waals surface area (Å²) >= 11 is 0. The van der Waals surface area contributed by atoms with Crippen molar-refractivity contribution in [1.29, 1.82) is 0 Å². The van der Waals surface area contributed by atoms with Crippen LogP contribution in [0.1, 0.15) is 0 Å². The molecule has 2 aliphatic heterocycles. The standard InChI is InChI=1S/C8H12O4/c1-2-3-10-8-7-6(12-7)5(9)4-11-8/h2,5-9H,1,3-4H2/t5-,6-,7-,8-/m1/s1. The topological polar surface area (TPSA) is 51.2 Å². The van der Waals surface area contributed by atoms with Crippen LogP contribution in [0.5, 0.6) is 0 Å². The number of fused-ring (bicyclic) bond motifs is 1. The summed E-state index contributed by atoms with van der Waals surface area (Å²) < 4.78 is 15.6. The molecule has 12 heavy (non-hydrogen) atoms. The molecule has 0 bridgehead atoms. The molecule has 68 valence electrons. The minimum absolute atomic E-state index is 0.0753. The van der Waals surface area contributed by atoms with Crippen LogP contribution in [0.2, 0.25) is 0 Å². The van der Waals surface area contributed by atoms with Crippen molar-refractivity contribution >= 4 is 0 Å². The smallest absolute Gasteiger partial charge is 0.186 e. The second-order valence-corrected chi connectivity index (χ2v) is 2.96. The monoisotopic (exact) mass is 172 g/mol. The molecular weight excluding hydrogens is 160 g/mol. The van der Waals surface area contributed by atoms with Crippen LogP contribution >= 0.6 is 0 Å². The van der Waals surface area contributed by atoms with Gasteiger partial charge in [-0.05, 0) is 0 Å². The molecule has 2 fully saturated rings. The van der Waals surface area contributed by atoms with E-state index < -0.39 is 6.10 Å². The van der Waals surface area contributed by atoms with Gasteiger partial charge in [-0.2, -0.15) is 0 Å². The van der Waals surface area contributed by atoms with E-state index >= 15 is 0 Å². The average Bonchev–Trinajstić information content (AvgIpc) is 2.83. The predicted molar refractivity (Wildman–Crippen MR) is 40.6 cm³/mol. The molecule has 0 aromatic rings. The molecule has 0 amide bonds. The van der Waals surface area contributed by atoms with Crippen molar-refractivity contribution in [2.24, 2.45) is 0 Å². The molecule has 4 atom stereocenters. The lowest BCUT2D eigenvalue weighted by Gasteiger charge is -2.21. The fourth-order valence-corrected chi connectivity index (χ4v) is 1.35. The number of epoxide rings is 1. The lowest BCUT2D eigenvalue weighted by Crippen LogP contribution is -2.38. The Morgan fingerprint density at radius 2 is 2.42 bits per heavy atom. The Hall–Kier alpha value is -0.420. The number of aliphatic hydroxyl groups excluding tert-OH is 1. The summed E-state index contributed by atoms with van der Waals surface area (Å²) in [5, 5.41) is 9.24. The van der Waals surface area contributed by atoms with Gasteiger partial charge in [-0.3, -0.25) is 0 Å². The van der Waals surface area contributed by atoms with E-state index in [-0.39, 0.29) is 18.5 Å². The van der Waals surface area contributed by atoms with Gasteiger partial charge in [0.2, 0.25) is 0 Å². The van der Waals surface area contributed by atoms with Crippen LogP contribution in [0.4, 0.5) is 0 Å². The Kier molecular flexibility index (Phi) is 2.14. The van der Waals surface area contributed by atoms with Gasteiger partial charge < -0.3 is 19.3 Å². The third-order valence-electron chi connectivity index (χ3n) is 2.02. The number of aliphatic hydroxyl groups is 1. The first-order valence-electron chi connectivity index (χ1n) is 4.00. The Balaban J connectivity index is 1.82. The van der Waals surface area contributed by atoms with Crippen molar-refractivity contribution in [2.45, 2.75) is 24.6 Å². The fourth-order valence-electron chi connectivity index (χ4n) is 1.35. The Labute approximate surface area is 70.7 Å². The van der Waals surface area contributed by atoms with Crippen LogP contribution in [0.25, 0.3) is 0 Å². The predicted octanol–water partition coefficient (Wildman–Crippen LogP) is -0.326. The number of ether oxygens (including phenoxy) is 3. The van der Waals surface area contributed by atoms with E-state index in [0.717, 1.165) is 0 Å². The second kappa shape index (κ2) is 3.14. The van der Waals surface area contributed by atoms with Crippen molar-refractivity contribution in [3.8, 4) is 0 Å². The first-order chi connectivity index (χ1) is 5.83. The van der Waals surface area contributed by atoms with Crippen LogP contribution in [-0.4, -0.2) is 42.9 Å². The molecule has 2 saturated heterocycles. The van der Waals surface area contributed by atoms with Crippen molar-refractivity contribution in [3.05, 3.63) is 12.7 Å². The Morgan fingerprint density at radius 3 is 3.17 bits per heavy atom. The van der Waals surface area contributed by atoms with E-state index in [2.05, 4.69) is 6.58 Å². The van der Waals surface area contributed by atoms with Gasteiger partial charge in [0, 0.05) is 0 Å². The maximum absolute atomic E-state index is 9.24. The van der Waals surface area contributed by atoms with Gasteiger partial charge >= 0.3 is 0 Å². The third kappa shape index (κ3) is 1.38. The van der Waals surface area contributed by atoms with E-state index in [0.29, 0.717) is 13.2 Å². The SMILES string of the molecule is C=CCO[C@@H]1OC[C@@H](O)[C@H]2O[C@@H]12. The van der Waals surface area contributed by atoms with Gasteiger partial charge in [-0.1, -0.05) is 6.08 Å². The van der Waals surface area contributed by atoms with E-state index in [1.165, 1.54) is 0 Å². The molecule has 2 rings (SSSR count). The molecule has 0 aromatic heterocycles. The van der Waals surface area contributed by atoms with E-state index in [4.69, 9.17) is 14.2 Å². The minimum Gasteiger partial charge on any atom is -0.388 e. The zero-order valence-corrected chi connectivity index (χ0v) is 6.68. The van der Waals surface area contributed by atoms with Crippen molar-refractivity contribution in [3.63, 3.8) is 0 Å². The van der Waals surface area contributed by atoms with Crippen LogP contribution in [-0.2, 0) is 14.2 Å². The van der Waals surface area contributed by atoms with Crippen LogP contribution in [0.15, 0.2) is 12.7 Å². The first-order valence-corrected chi connectivity index (χ1v) is 4.00. The summed E-state index contributed by atoms with van der Waals surface area (Å²) in [6, 6.07) is 0. The lowest BCUT2D eigenvalue weighted by atomic mass is 10.1. The maximum Gasteiger partial charge on any atom is 0.186 e. The molecule has 4 nitrogen and oxygen atoms in total. The molecule has 0 radical (unpaired) electrons. The number of hydrogen-bond acceptors (Lipinski definition) is 4.